The Labute approximate surface area is 392 Å². The molecule has 336 valence electrons. The van der Waals surface area contributed by atoms with Crippen molar-refractivity contribution < 1.29 is 36.9 Å². The summed E-state index contributed by atoms with van der Waals surface area (Å²) in [5.74, 6) is -0.639. The number of halogens is 1. The van der Waals surface area contributed by atoms with Crippen molar-refractivity contribution in [3.8, 4) is 22.3 Å². The van der Waals surface area contributed by atoms with Gasteiger partial charge in [0.25, 0.3) is 11.8 Å². The number of fused-ring (bicyclic) bond motifs is 2. The number of primary amides is 2. The standard InChI is InChI=1S/C27H25N3O2.C26H24N4O2.CH4.ClH/c28-26(31)20-8-6-19(7-9-20)23-12-13-25-24(23)16-22(17-29-25)18-4-10-21(11-5-18)27(32)30-14-2-1-3-15-30;27-25(31)19-5-3-18(4-6-19)22-9-10-24-23(22)15-21(16-29-24)17-1-7-20(8-2-17)26(32)30-13-11-28-12-14-30;;/h4-12,16-17H,1-3,13-15H2,(H2,28,31);1-9,15-16,28H,10-14H2,(H2,27,31);1H4;1H. The van der Waals surface area contributed by atoms with Crippen molar-refractivity contribution in [2.45, 2.75) is 39.5 Å². The highest BCUT2D eigenvalue weighted by Gasteiger charge is 2.23. The first-order chi connectivity index (χ1) is 31.2. The summed E-state index contributed by atoms with van der Waals surface area (Å²) in [5.41, 5.74) is 25.8. The molecule has 10 rings (SSSR count). The number of aromatic nitrogens is 2. The van der Waals surface area contributed by atoms with Crippen molar-refractivity contribution in [3.05, 3.63) is 190 Å². The molecular weight excluding hydrogens is 846 g/mol. The molecule has 11 nitrogen and oxygen atoms in total. The first-order valence-electron chi connectivity index (χ1n) is 22.0. The third-order valence-electron chi connectivity index (χ3n) is 12.5. The van der Waals surface area contributed by atoms with Gasteiger partial charge >= 0.3 is 0 Å². The van der Waals surface area contributed by atoms with Crippen LogP contribution in [0, 0.1) is 0 Å². The molecule has 4 amide bonds. The van der Waals surface area contributed by atoms with Gasteiger partial charge in [-0.25, -0.2) is 0 Å². The quantitative estimate of drug-likeness (QED) is 0.209. The van der Waals surface area contributed by atoms with Crippen molar-refractivity contribution >= 4 is 34.8 Å². The number of pyridine rings is 2. The minimum Gasteiger partial charge on any atom is -1.00 e. The van der Waals surface area contributed by atoms with Gasteiger partial charge in [-0.3, -0.25) is 29.1 Å². The second kappa shape index (κ2) is 20.7. The molecule has 0 saturated carbocycles. The Morgan fingerprint density at radius 1 is 0.470 bits per heavy atom. The van der Waals surface area contributed by atoms with Gasteiger partial charge in [-0.05, 0) is 113 Å². The van der Waals surface area contributed by atoms with Gasteiger partial charge in [0.05, 0.1) is 37.6 Å². The summed E-state index contributed by atoms with van der Waals surface area (Å²) in [6.07, 6.45) is 13.1. The SMILES string of the molecule is C.NC(=O)c1ccc(C2=CCc3ncc(-c4ccc(C(=O)N5CCCCC5)cc4)cc32)cc1.NC(=O)c1ccc(C2=CCc3ncc(-c4ccc(C(=O)N5CC[NH2+]CC5)cc4)cc32)cc1.[Cl-]. The van der Waals surface area contributed by atoms with Gasteiger partial charge < -0.3 is 39.0 Å². The van der Waals surface area contributed by atoms with Gasteiger partial charge in [0.1, 0.15) is 0 Å². The van der Waals surface area contributed by atoms with Crippen molar-refractivity contribution in [1.29, 1.82) is 0 Å². The maximum atomic E-state index is 12.7. The number of carbonyl (C=O) groups is 4. The molecule has 4 aliphatic rings. The summed E-state index contributed by atoms with van der Waals surface area (Å²) in [4.78, 5) is 61.4. The average Bonchev–Trinajstić information content (AvgIpc) is 3.99. The van der Waals surface area contributed by atoms with Crippen molar-refractivity contribution in [3.63, 3.8) is 0 Å². The summed E-state index contributed by atoms with van der Waals surface area (Å²) in [7, 11) is 0. The largest absolute Gasteiger partial charge is 1.00 e. The Morgan fingerprint density at radius 3 is 1.23 bits per heavy atom. The Bertz CT molecular complexity index is 2610. The van der Waals surface area contributed by atoms with Crippen LogP contribution in [0.1, 0.15) is 102 Å². The van der Waals surface area contributed by atoms with Crippen LogP contribution >= 0.6 is 0 Å². The smallest absolute Gasteiger partial charge is 0.254 e. The maximum Gasteiger partial charge on any atom is 0.254 e. The van der Waals surface area contributed by atoms with E-state index < -0.39 is 11.8 Å². The molecule has 0 radical (unpaired) electrons. The molecule has 4 aromatic carbocycles. The molecule has 2 fully saturated rings. The van der Waals surface area contributed by atoms with E-state index in [4.69, 9.17) is 11.5 Å². The Hall–Kier alpha value is -7.21. The van der Waals surface area contributed by atoms with Crippen LogP contribution in [0.15, 0.2) is 134 Å². The van der Waals surface area contributed by atoms with Crippen LogP contribution in [0.4, 0.5) is 0 Å². The van der Waals surface area contributed by atoms with Crippen molar-refractivity contribution in [1.82, 2.24) is 19.8 Å². The second-order valence-electron chi connectivity index (χ2n) is 16.6. The maximum absolute atomic E-state index is 12.7. The number of carbonyl (C=O) groups excluding carboxylic acids is 4. The van der Waals surface area contributed by atoms with Gasteiger partial charge in [-0.15, -0.1) is 0 Å². The van der Waals surface area contributed by atoms with Gasteiger partial charge in [-0.2, -0.15) is 0 Å². The van der Waals surface area contributed by atoms with Crippen LogP contribution in [0.25, 0.3) is 33.4 Å². The fourth-order valence-corrected chi connectivity index (χ4v) is 8.91. The van der Waals surface area contributed by atoms with Gasteiger partial charge in [0.2, 0.25) is 11.8 Å². The molecule has 2 saturated heterocycles. The number of quaternary nitrogens is 1. The fourth-order valence-electron chi connectivity index (χ4n) is 8.91. The van der Waals surface area contributed by atoms with E-state index in [1.165, 1.54) is 6.42 Å². The van der Waals surface area contributed by atoms with Gasteiger partial charge in [-0.1, -0.05) is 68.1 Å². The van der Waals surface area contributed by atoms with E-state index in [0.717, 1.165) is 143 Å². The molecule has 0 spiro atoms. The van der Waals surface area contributed by atoms with Crippen molar-refractivity contribution in [2.75, 3.05) is 39.3 Å². The van der Waals surface area contributed by atoms with Gasteiger partial charge in [0, 0.05) is 82.8 Å². The minimum atomic E-state index is -0.429. The Morgan fingerprint density at radius 2 is 0.833 bits per heavy atom. The fraction of sp³-hybridized carbons (Fsp3) is 0.222. The summed E-state index contributed by atoms with van der Waals surface area (Å²) < 4.78 is 0. The number of allylic oxidation sites excluding steroid dienone is 2. The predicted molar refractivity (Wildman–Crippen MR) is 255 cm³/mol. The van der Waals surface area contributed by atoms with E-state index in [2.05, 4.69) is 39.6 Å². The van der Waals surface area contributed by atoms with Crippen LogP contribution in [0.3, 0.4) is 0 Å². The predicted octanol–water partition coefficient (Wildman–Crippen LogP) is 3.96. The number of amides is 4. The van der Waals surface area contributed by atoms with Crippen LogP contribution in [-0.4, -0.2) is 82.7 Å². The topological polar surface area (TPSA) is 169 Å². The zero-order valence-corrected chi connectivity index (χ0v) is 36.8. The number of likely N-dealkylation sites (tertiary alicyclic amines) is 1. The molecule has 6 aromatic rings. The van der Waals surface area contributed by atoms with Crippen LogP contribution in [-0.2, 0) is 12.8 Å². The summed E-state index contributed by atoms with van der Waals surface area (Å²) in [5, 5.41) is 2.24. The Balaban J connectivity index is 0.000000191. The van der Waals surface area contributed by atoms with E-state index in [1.807, 2.05) is 95.0 Å². The number of piperazine rings is 1. The lowest BCUT2D eigenvalue weighted by Crippen LogP contribution is -3.00. The average molecular weight is 901 g/mol. The molecular formula is C54H54ClN7O4. The molecule has 2 aliphatic carbocycles. The van der Waals surface area contributed by atoms with Crippen LogP contribution in [0.5, 0.6) is 0 Å². The number of hydrogen-bond donors (Lipinski definition) is 3. The highest BCUT2D eigenvalue weighted by atomic mass is 35.5. The van der Waals surface area contributed by atoms with Crippen molar-refractivity contribution in [2.24, 2.45) is 11.5 Å². The summed E-state index contributed by atoms with van der Waals surface area (Å²) >= 11 is 0. The van der Waals surface area contributed by atoms with Crippen LogP contribution in [0.2, 0.25) is 0 Å². The molecule has 12 heteroatoms. The van der Waals surface area contributed by atoms with Gasteiger partial charge in [0.15, 0.2) is 0 Å². The third kappa shape index (κ3) is 10.0. The number of nitrogens with zero attached hydrogens (tertiary/aromatic N) is 4. The molecule has 0 bridgehead atoms. The zero-order valence-electron chi connectivity index (χ0n) is 36.0. The second-order valence-corrected chi connectivity index (χ2v) is 16.6. The monoisotopic (exact) mass is 899 g/mol. The number of nitrogens with two attached hydrogens (primary N) is 3. The van der Waals surface area contributed by atoms with E-state index in [1.54, 1.807) is 24.3 Å². The number of piperidine rings is 1. The van der Waals surface area contributed by atoms with E-state index >= 15 is 0 Å². The molecule has 0 unspecified atom stereocenters. The number of benzene rings is 4. The normalized spacial score (nSPS) is 14.8. The lowest BCUT2D eigenvalue weighted by atomic mass is 9.96. The summed E-state index contributed by atoms with van der Waals surface area (Å²) in [6.45, 7) is 5.23. The highest BCUT2D eigenvalue weighted by Crippen LogP contribution is 2.36. The zero-order chi connectivity index (χ0) is 44.2. The highest BCUT2D eigenvalue weighted by molar-refractivity contribution is 5.97. The first kappa shape index (κ1) is 46.8. The van der Waals surface area contributed by atoms with E-state index in [9.17, 15) is 19.2 Å². The summed E-state index contributed by atoms with van der Waals surface area (Å²) in [6, 6.07) is 34.7. The Kier molecular flexibility index (Phi) is 14.7. The molecule has 4 heterocycles. The lowest BCUT2D eigenvalue weighted by molar-refractivity contribution is -0.661. The third-order valence-corrected chi connectivity index (χ3v) is 12.5. The van der Waals surface area contributed by atoms with E-state index in [0.29, 0.717) is 11.1 Å². The molecule has 66 heavy (non-hydrogen) atoms. The molecule has 0 atom stereocenters. The molecule has 2 aromatic heterocycles. The van der Waals surface area contributed by atoms with E-state index in [-0.39, 0.29) is 31.6 Å². The minimum absolute atomic E-state index is 0. The molecule has 6 N–H and O–H groups in total. The van der Waals surface area contributed by atoms with Crippen LogP contribution < -0.4 is 29.2 Å². The number of rotatable bonds is 8. The number of hydrogen-bond acceptors (Lipinski definition) is 6. The lowest BCUT2D eigenvalue weighted by Gasteiger charge is -2.26. The first-order valence-corrected chi connectivity index (χ1v) is 22.0. The molecule has 2 aliphatic heterocycles.